The van der Waals surface area contributed by atoms with Crippen molar-refractivity contribution in [3.63, 3.8) is 0 Å². The summed E-state index contributed by atoms with van der Waals surface area (Å²) < 4.78 is 5.18. The molecule has 1 aliphatic heterocycles. The maximum Gasteiger partial charge on any atom is 0.363 e. The Morgan fingerprint density at radius 2 is 2.00 bits per heavy atom. The Morgan fingerprint density at radius 1 is 1.17 bits per heavy atom. The Kier molecular flexibility index (Phi) is 5.01. The summed E-state index contributed by atoms with van der Waals surface area (Å²) in [5, 5.41) is 21.1. The number of hydrogen-bond donors (Lipinski definition) is 1. The fourth-order valence-electron chi connectivity index (χ4n) is 3.07. The van der Waals surface area contributed by atoms with Crippen molar-refractivity contribution in [3.8, 4) is 11.5 Å². The first-order valence-electron chi connectivity index (χ1n) is 8.88. The van der Waals surface area contributed by atoms with Gasteiger partial charge < -0.3 is 29.6 Å². The van der Waals surface area contributed by atoms with Gasteiger partial charge in [-0.3, -0.25) is 0 Å². The van der Waals surface area contributed by atoms with Gasteiger partial charge in [0, 0.05) is 43.5 Å². The van der Waals surface area contributed by atoms with Crippen molar-refractivity contribution in [1.29, 1.82) is 0 Å². The van der Waals surface area contributed by atoms with E-state index in [9.17, 15) is 14.9 Å². The number of nitrogens with zero attached hydrogens (tertiary/aromatic N) is 6. The number of benzene rings is 1. The van der Waals surface area contributed by atoms with Crippen molar-refractivity contribution in [3.05, 3.63) is 59.1 Å². The Labute approximate surface area is 165 Å². The zero-order valence-electron chi connectivity index (χ0n) is 15.3. The number of amides is 2. The molecule has 29 heavy (non-hydrogen) atoms. The number of aromatic nitrogens is 3. The molecule has 1 N–H and O–H groups in total. The first kappa shape index (κ1) is 18.3. The predicted molar refractivity (Wildman–Crippen MR) is 103 cm³/mol. The number of hydrogen-bond acceptors (Lipinski definition) is 8. The summed E-state index contributed by atoms with van der Waals surface area (Å²) in [6, 6.07) is 10.0. The zero-order valence-corrected chi connectivity index (χ0v) is 15.3. The second-order valence-electron chi connectivity index (χ2n) is 6.36. The Balaban J connectivity index is 1.34. The van der Waals surface area contributed by atoms with Crippen LogP contribution in [0, 0.1) is 10.1 Å². The standard InChI is InChI=1S/C18H17N7O4/c26-18(21-14-3-1-2-13(10-14)17-22-20-12-29-17)24-8-6-23(7-9-24)15-4-5-16(19-11-15)25(27)28/h1-5,10-12H,6-9H2,(H,21,26). The lowest BCUT2D eigenvalue weighted by Gasteiger charge is -2.35. The van der Waals surface area contributed by atoms with Gasteiger partial charge in [0.2, 0.25) is 12.3 Å². The number of carbonyl (C=O) groups is 1. The van der Waals surface area contributed by atoms with E-state index in [0.29, 0.717) is 37.8 Å². The monoisotopic (exact) mass is 395 g/mol. The molecule has 0 spiro atoms. The van der Waals surface area contributed by atoms with Crippen molar-refractivity contribution in [2.45, 2.75) is 0 Å². The minimum atomic E-state index is -0.528. The van der Waals surface area contributed by atoms with Crippen LogP contribution < -0.4 is 10.2 Å². The van der Waals surface area contributed by atoms with Gasteiger partial charge in [0.05, 0.1) is 5.69 Å². The number of anilines is 2. The zero-order chi connectivity index (χ0) is 20.2. The van der Waals surface area contributed by atoms with Crippen LogP contribution in [0.15, 0.2) is 53.4 Å². The molecule has 11 nitrogen and oxygen atoms in total. The SMILES string of the molecule is O=C(Nc1cccc(-c2nnco2)c1)N1CCN(c2ccc([N+](=O)[O-])nc2)CC1. The third kappa shape index (κ3) is 4.13. The molecule has 0 saturated carbocycles. The highest BCUT2D eigenvalue weighted by Gasteiger charge is 2.22. The number of nitro groups is 1. The Hall–Kier alpha value is -4.02. The van der Waals surface area contributed by atoms with E-state index in [1.165, 1.54) is 18.7 Å². The van der Waals surface area contributed by atoms with E-state index in [1.54, 1.807) is 29.2 Å². The second kappa shape index (κ2) is 7.92. The molecule has 0 aliphatic carbocycles. The molecule has 0 unspecified atom stereocenters. The first-order valence-corrected chi connectivity index (χ1v) is 8.88. The molecule has 3 aromatic rings. The second-order valence-corrected chi connectivity index (χ2v) is 6.36. The van der Waals surface area contributed by atoms with Crippen molar-refractivity contribution < 1.29 is 14.1 Å². The van der Waals surface area contributed by atoms with Crippen LogP contribution in [0.3, 0.4) is 0 Å². The third-order valence-corrected chi connectivity index (χ3v) is 4.57. The molecule has 0 radical (unpaired) electrons. The van der Waals surface area contributed by atoms with E-state index in [4.69, 9.17) is 4.42 Å². The maximum atomic E-state index is 12.6. The lowest BCUT2D eigenvalue weighted by Crippen LogP contribution is -2.50. The van der Waals surface area contributed by atoms with Gasteiger partial charge in [0.25, 0.3) is 0 Å². The average molecular weight is 395 g/mol. The van der Waals surface area contributed by atoms with Gasteiger partial charge >= 0.3 is 11.8 Å². The average Bonchev–Trinajstić information content (AvgIpc) is 3.29. The van der Waals surface area contributed by atoms with Crippen LogP contribution in [-0.2, 0) is 0 Å². The van der Waals surface area contributed by atoms with Crippen LogP contribution in [-0.4, -0.2) is 57.2 Å². The normalized spacial score (nSPS) is 13.9. The molecule has 0 atom stereocenters. The molecular formula is C18H17N7O4. The van der Waals surface area contributed by atoms with E-state index in [1.807, 2.05) is 11.0 Å². The fourth-order valence-corrected chi connectivity index (χ4v) is 3.07. The quantitative estimate of drug-likeness (QED) is 0.526. The molecule has 1 aliphatic rings. The Bertz CT molecular complexity index is 999. The van der Waals surface area contributed by atoms with Gasteiger partial charge in [-0.05, 0) is 34.2 Å². The van der Waals surface area contributed by atoms with E-state index in [2.05, 4.69) is 20.5 Å². The van der Waals surface area contributed by atoms with Gasteiger partial charge in [-0.15, -0.1) is 10.2 Å². The summed E-state index contributed by atoms with van der Waals surface area (Å²) in [5.41, 5.74) is 2.14. The molecule has 2 amide bonds. The van der Waals surface area contributed by atoms with Gasteiger partial charge in [-0.1, -0.05) is 6.07 Å². The third-order valence-electron chi connectivity index (χ3n) is 4.57. The van der Waals surface area contributed by atoms with Crippen LogP contribution in [0.1, 0.15) is 0 Å². The van der Waals surface area contributed by atoms with Crippen LogP contribution in [0.2, 0.25) is 0 Å². The summed E-state index contributed by atoms with van der Waals surface area (Å²) in [6.45, 7) is 2.25. The maximum absolute atomic E-state index is 12.6. The number of pyridine rings is 1. The topological polar surface area (TPSA) is 131 Å². The van der Waals surface area contributed by atoms with Gasteiger partial charge in [0.15, 0.2) is 6.20 Å². The summed E-state index contributed by atoms with van der Waals surface area (Å²) in [6.07, 6.45) is 2.73. The molecule has 2 aromatic heterocycles. The number of rotatable bonds is 4. The van der Waals surface area contributed by atoms with Crippen molar-refractivity contribution in [2.75, 3.05) is 36.4 Å². The van der Waals surface area contributed by atoms with Gasteiger partial charge in [-0.2, -0.15) is 0 Å². The minimum absolute atomic E-state index is 0.186. The van der Waals surface area contributed by atoms with Crippen LogP contribution in [0.25, 0.3) is 11.5 Å². The van der Waals surface area contributed by atoms with Crippen molar-refractivity contribution in [1.82, 2.24) is 20.1 Å². The molecule has 148 valence electrons. The predicted octanol–water partition coefficient (Wildman–Crippen LogP) is 2.39. The molecule has 1 fully saturated rings. The summed E-state index contributed by atoms with van der Waals surface area (Å²) in [5.74, 6) is 0.195. The van der Waals surface area contributed by atoms with Gasteiger partial charge in [0.1, 0.15) is 0 Å². The summed E-state index contributed by atoms with van der Waals surface area (Å²) in [7, 11) is 0. The van der Waals surface area contributed by atoms with E-state index < -0.39 is 4.92 Å². The lowest BCUT2D eigenvalue weighted by atomic mass is 10.2. The molecular weight excluding hydrogens is 378 g/mol. The van der Waals surface area contributed by atoms with Crippen LogP contribution >= 0.6 is 0 Å². The lowest BCUT2D eigenvalue weighted by molar-refractivity contribution is -0.389. The number of piperazine rings is 1. The first-order chi connectivity index (χ1) is 14.1. The molecule has 11 heteroatoms. The van der Waals surface area contributed by atoms with Gasteiger partial charge in [-0.25, -0.2) is 4.79 Å². The number of carbonyl (C=O) groups excluding carboxylic acids is 1. The number of urea groups is 1. The molecule has 4 rings (SSSR count). The smallest absolute Gasteiger partial charge is 0.363 e. The van der Waals surface area contributed by atoms with E-state index in [-0.39, 0.29) is 11.8 Å². The highest BCUT2D eigenvalue weighted by atomic mass is 16.6. The molecule has 0 bridgehead atoms. The fraction of sp³-hybridized carbons (Fsp3) is 0.222. The molecule has 1 saturated heterocycles. The highest BCUT2D eigenvalue weighted by Crippen LogP contribution is 2.21. The van der Waals surface area contributed by atoms with E-state index in [0.717, 1.165) is 11.3 Å². The van der Waals surface area contributed by atoms with Crippen molar-refractivity contribution >= 4 is 23.2 Å². The van der Waals surface area contributed by atoms with Crippen LogP contribution in [0.5, 0.6) is 0 Å². The summed E-state index contributed by atoms with van der Waals surface area (Å²) in [4.78, 5) is 30.4. The summed E-state index contributed by atoms with van der Waals surface area (Å²) >= 11 is 0. The molecule has 1 aromatic carbocycles. The van der Waals surface area contributed by atoms with Crippen LogP contribution in [0.4, 0.5) is 22.0 Å². The minimum Gasteiger partial charge on any atom is -0.423 e. The number of nitrogens with one attached hydrogen (secondary N) is 1. The highest BCUT2D eigenvalue weighted by molar-refractivity contribution is 5.90. The van der Waals surface area contributed by atoms with Crippen molar-refractivity contribution in [2.24, 2.45) is 0 Å². The Morgan fingerprint density at radius 3 is 2.66 bits per heavy atom. The largest absolute Gasteiger partial charge is 0.423 e. The van der Waals surface area contributed by atoms with E-state index >= 15 is 0 Å². The molecule has 3 heterocycles.